The lowest BCUT2D eigenvalue weighted by Crippen LogP contribution is -2.47. The molecule has 2 atom stereocenters. The fourth-order valence-corrected chi connectivity index (χ4v) is 5.93. The normalized spacial score (nSPS) is 15.4. The third kappa shape index (κ3) is 8.36. The van der Waals surface area contributed by atoms with Crippen molar-refractivity contribution in [3.8, 4) is 18.2 Å². The maximum absolute atomic E-state index is 10.3. The minimum Gasteiger partial charge on any atom is -0.393 e. The molecule has 2 N–H and O–H groups in total. The van der Waals surface area contributed by atoms with Crippen molar-refractivity contribution in [3.63, 3.8) is 0 Å². The molecule has 1 aliphatic heterocycles. The molecular formula is C38H40N5O2+. The lowest BCUT2D eigenvalue weighted by Gasteiger charge is -2.34. The number of hydrogen-bond donors (Lipinski definition) is 2. The summed E-state index contributed by atoms with van der Waals surface area (Å²) in [4.78, 5) is 2.26. The van der Waals surface area contributed by atoms with Gasteiger partial charge in [0, 0.05) is 35.0 Å². The molecule has 7 heteroatoms. The number of benzene rings is 3. The van der Waals surface area contributed by atoms with E-state index in [-0.39, 0.29) is 6.61 Å². The van der Waals surface area contributed by atoms with Crippen LogP contribution in [0.25, 0.3) is 5.57 Å². The molecule has 0 spiro atoms. The fraction of sp³-hybridized carbons (Fsp3) is 0.289. The summed E-state index contributed by atoms with van der Waals surface area (Å²) < 4.78 is 0.604. The fourth-order valence-electron chi connectivity index (χ4n) is 5.93. The number of quaternary nitrogens is 1. The second-order valence-corrected chi connectivity index (χ2v) is 11.9. The maximum atomic E-state index is 10.3. The van der Waals surface area contributed by atoms with E-state index in [0.717, 1.165) is 59.6 Å². The van der Waals surface area contributed by atoms with E-state index in [1.165, 1.54) is 0 Å². The Morgan fingerprint density at radius 2 is 1.53 bits per heavy atom. The molecule has 2 unspecified atom stereocenters. The van der Waals surface area contributed by atoms with Crippen LogP contribution in [0, 0.1) is 39.9 Å². The van der Waals surface area contributed by atoms with E-state index >= 15 is 0 Å². The summed E-state index contributed by atoms with van der Waals surface area (Å²) >= 11 is 0. The molecular weight excluding hydrogens is 558 g/mol. The van der Waals surface area contributed by atoms with Gasteiger partial charge in [-0.25, -0.2) is 0 Å². The van der Waals surface area contributed by atoms with Crippen LogP contribution in [0.15, 0.2) is 114 Å². The van der Waals surface area contributed by atoms with Gasteiger partial charge >= 0.3 is 0 Å². The lowest BCUT2D eigenvalue weighted by atomic mass is 9.82. The lowest BCUT2D eigenvalue weighted by molar-refractivity contribution is -0.893. The van der Waals surface area contributed by atoms with Crippen molar-refractivity contribution >= 4 is 11.3 Å². The third-order valence-electron chi connectivity index (χ3n) is 8.15. The average molecular weight is 599 g/mol. The van der Waals surface area contributed by atoms with Crippen molar-refractivity contribution in [2.75, 3.05) is 45.2 Å². The van der Waals surface area contributed by atoms with Crippen LogP contribution in [-0.2, 0) is 0 Å². The maximum Gasteiger partial charge on any atom is 0.144 e. The zero-order valence-corrected chi connectivity index (χ0v) is 25.9. The number of likely N-dealkylation sites (N-methyl/N-ethyl adjacent to an activating group) is 1. The molecule has 0 amide bonds. The Bertz CT molecular complexity index is 1640. The van der Waals surface area contributed by atoms with E-state index < -0.39 is 17.9 Å². The Balaban J connectivity index is 1.74. The zero-order valence-electron chi connectivity index (χ0n) is 25.9. The van der Waals surface area contributed by atoms with Crippen LogP contribution in [0.3, 0.4) is 0 Å². The van der Waals surface area contributed by atoms with Crippen molar-refractivity contribution in [1.82, 2.24) is 0 Å². The highest BCUT2D eigenvalue weighted by Crippen LogP contribution is 2.40. The predicted octanol–water partition coefficient (Wildman–Crippen LogP) is 5.93. The van der Waals surface area contributed by atoms with Gasteiger partial charge in [0.2, 0.25) is 0 Å². The minimum atomic E-state index is -1.01. The number of allylic oxidation sites excluding steroid dienone is 4. The van der Waals surface area contributed by atoms with E-state index in [4.69, 9.17) is 0 Å². The highest BCUT2D eigenvalue weighted by molar-refractivity contribution is 5.92. The monoisotopic (exact) mass is 598 g/mol. The Morgan fingerprint density at radius 1 is 0.889 bits per heavy atom. The van der Waals surface area contributed by atoms with Crippen molar-refractivity contribution in [2.45, 2.75) is 24.9 Å². The number of para-hydroxylation sites is 1. The van der Waals surface area contributed by atoms with Gasteiger partial charge in [0.15, 0.2) is 0 Å². The molecule has 0 radical (unpaired) electrons. The number of nitrogens with zero attached hydrogens (tertiary/aromatic N) is 5. The summed E-state index contributed by atoms with van der Waals surface area (Å²) in [5.41, 5.74) is 6.33. The number of nitriles is 3. The highest BCUT2D eigenvalue weighted by Gasteiger charge is 2.28. The first kappa shape index (κ1) is 32.9. The largest absolute Gasteiger partial charge is 0.393 e. The summed E-state index contributed by atoms with van der Waals surface area (Å²) in [6.07, 6.45) is 6.87. The van der Waals surface area contributed by atoms with Gasteiger partial charge in [-0.15, -0.1) is 0 Å². The van der Waals surface area contributed by atoms with Crippen LogP contribution < -0.4 is 4.90 Å². The summed E-state index contributed by atoms with van der Waals surface area (Å²) in [5.74, 6) is -1.69. The molecule has 0 saturated heterocycles. The van der Waals surface area contributed by atoms with Crippen LogP contribution in [0.1, 0.15) is 35.4 Å². The van der Waals surface area contributed by atoms with Crippen molar-refractivity contribution in [2.24, 2.45) is 5.92 Å². The summed E-state index contributed by atoms with van der Waals surface area (Å²) in [5, 5.41) is 49.1. The van der Waals surface area contributed by atoms with Gasteiger partial charge in [-0.1, -0.05) is 78.9 Å². The third-order valence-corrected chi connectivity index (χ3v) is 8.15. The topological polar surface area (TPSA) is 115 Å². The number of rotatable bonds is 13. The standard InChI is InChI=1S/C38H40N5O2/c1-43(2,27-34(45)28-44)22-12-11-21-42-33(23-36(29-13-5-3-6-14-29)35-17-9-10-18-37(35)42)20-19-31(24-39)38(32(25-40)26-41)30-15-7-4-8-16-30/h3-10,13-20,23,32,34,38,44-45H,11-12,21-22,27-28H2,1-2H3/q+1/b31-19+,33-20+. The van der Waals surface area contributed by atoms with Gasteiger partial charge in [-0.05, 0) is 53.8 Å². The number of aliphatic hydroxyl groups is 2. The van der Waals surface area contributed by atoms with Gasteiger partial charge < -0.3 is 19.6 Å². The SMILES string of the molecule is C[N+](C)(CCCCN1/C(=C/C=C(\C#N)C(c2ccccc2)C(C#N)C#N)C=C(c2ccccc2)c2ccccc21)CC(O)CO. The highest BCUT2D eigenvalue weighted by atomic mass is 16.3. The summed E-state index contributed by atoms with van der Waals surface area (Å²) in [6.45, 7) is 1.80. The quantitative estimate of drug-likeness (QED) is 0.143. The molecule has 0 bridgehead atoms. The van der Waals surface area contributed by atoms with Gasteiger partial charge in [0.1, 0.15) is 18.6 Å². The van der Waals surface area contributed by atoms with Crippen LogP contribution in [0.2, 0.25) is 0 Å². The first-order valence-electron chi connectivity index (χ1n) is 15.2. The Labute approximate surface area is 266 Å². The van der Waals surface area contributed by atoms with E-state index in [1.54, 1.807) is 6.08 Å². The minimum absolute atomic E-state index is 0.247. The smallest absolute Gasteiger partial charge is 0.144 e. The van der Waals surface area contributed by atoms with E-state index in [1.807, 2.05) is 66.7 Å². The van der Waals surface area contributed by atoms with Gasteiger partial charge in [0.25, 0.3) is 0 Å². The summed E-state index contributed by atoms with van der Waals surface area (Å²) in [7, 11) is 4.12. The van der Waals surface area contributed by atoms with Gasteiger partial charge in [-0.2, -0.15) is 15.8 Å². The molecule has 3 aromatic carbocycles. The molecule has 7 nitrogen and oxygen atoms in total. The van der Waals surface area contributed by atoms with Crippen LogP contribution >= 0.6 is 0 Å². The van der Waals surface area contributed by atoms with E-state index in [9.17, 15) is 26.0 Å². The first-order valence-corrected chi connectivity index (χ1v) is 15.2. The molecule has 45 heavy (non-hydrogen) atoms. The van der Waals surface area contributed by atoms with Gasteiger partial charge in [0.05, 0.1) is 45.5 Å². The van der Waals surface area contributed by atoms with Crippen molar-refractivity contribution in [1.29, 1.82) is 15.8 Å². The molecule has 4 rings (SSSR count). The number of fused-ring (bicyclic) bond motifs is 1. The second-order valence-electron chi connectivity index (χ2n) is 11.9. The van der Waals surface area contributed by atoms with Crippen LogP contribution in [0.4, 0.5) is 5.69 Å². The van der Waals surface area contributed by atoms with Crippen molar-refractivity contribution in [3.05, 3.63) is 131 Å². The Kier molecular flexibility index (Phi) is 11.5. The van der Waals surface area contributed by atoms with Crippen LogP contribution in [-0.4, -0.2) is 61.1 Å². The number of unbranched alkanes of at least 4 members (excludes halogenated alkanes) is 1. The molecule has 3 aromatic rings. The Hall–Kier alpha value is -4.97. The molecule has 1 aliphatic rings. The van der Waals surface area contributed by atoms with E-state index in [0.29, 0.717) is 16.6 Å². The molecule has 0 aliphatic carbocycles. The first-order chi connectivity index (χ1) is 21.8. The second kappa shape index (κ2) is 15.7. The molecule has 0 saturated carbocycles. The van der Waals surface area contributed by atoms with Crippen LogP contribution in [0.5, 0.6) is 0 Å². The summed E-state index contributed by atoms with van der Waals surface area (Å²) in [6, 6.07) is 34.2. The molecule has 228 valence electrons. The molecule has 1 heterocycles. The number of hydrogen-bond acceptors (Lipinski definition) is 6. The van der Waals surface area contributed by atoms with E-state index in [2.05, 4.69) is 67.5 Å². The number of anilines is 1. The average Bonchev–Trinajstić information content (AvgIpc) is 3.07. The van der Waals surface area contributed by atoms with Crippen molar-refractivity contribution < 1.29 is 14.7 Å². The van der Waals surface area contributed by atoms with Gasteiger partial charge in [-0.3, -0.25) is 0 Å². The Morgan fingerprint density at radius 3 is 2.18 bits per heavy atom. The predicted molar refractivity (Wildman–Crippen MR) is 177 cm³/mol. The molecule has 0 fully saturated rings. The molecule has 0 aromatic heterocycles. The zero-order chi connectivity index (χ0) is 32.2. The number of aliphatic hydroxyl groups excluding tert-OH is 2.